The lowest BCUT2D eigenvalue weighted by Crippen LogP contribution is -2.19. The summed E-state index contributed by atoms with van der Waals surface area (Å²) < 4.78 is 5.20. The van der Waals surface area contributed by atoms with Gasteiger partial charge in [-0.15, -0.1) is 22.0 Å². The van der Waals surface area contributed by atoms with Gasteiger partial charge in [-0.25, -0.2) is 0 Å². The molecule has 1 aromatic heterocycles. The number of aromatic nitrogens is 2. The van der Waals surface area contributed by atoms with Crippen molar-refractivity contribution in [1.82, 2.24) is 10.2 Å². The van der Waals surface area contributed by atoms with Crippen LogP contribution in [0, 0.1) is 6.92 Å². The molecule has 0 spiro atoms. The maximum Gasteiger partial charge on any atom is 0.255 e. The Bertz CT molecular complexity index is 1290. The standard InChI is InChI=1S/C25H22N4O3S2/c1-16-28-29-25(33-16)27-24(31)22(17-8-4-3-5-9-17)34-21-13-7-11-19(15-21)26-23(30)18-10-6-12-20(14-18)32-2/h3-15,22H,1-2H3,(H,26,30)(H,27,29,31). The molecule has 3 aromatic carbocycles. The summed E-state index contributed by atoms with van der Waals surface area (Å²) in [6, 6.07) is 23.9. The van der Waals surface area contributed by atoms with Gasteiger partial charge < -0.3 is 10.1 Å². The van der Waals surface area contributed by atoms with Gasteiger partial charge in [0.2, 0.25) is 11.0 Å². The number of aryl methyl sites for hydroxylation is 1. The molecule has 4 rings (SSSR count). The molecule has 0 saturated carbocycles. The summed E-state index contributed by atoms with van der Waals surface area (Å²) in [6.45, 7) is 1.84. The molecule has 0 fully saturated rings. The molecule has 2 N–H and O–H groups in total. The van der Waals surface area contributed by atoms with Crippen LogP contribution in [0.15, 0.2) is 83.8 Å². The second-order valence-corrected chi connectivity index (χ2v) is 9.60. The highest BCUT2D eigenvalue weighted by Gasteiger charge is 2.23. The average Bonchev–Trinajstić information content (AvgIpc) is 3.27. The number of benzene rings is 3. The van der Waals surface area contributed by atoms with E-state index in [0.717, 1.165) is 15.5 Å². The summed E-state index contributed by atoms with van der Waals surface area (Å²) in [4.78, 5) is 26.7. The Morgan fingerprint density at radius 1 is 0.941 bits per heavy atom. The van der Waals surface area contributed by atoms with Gasteiger partial charge in [-0.2, -0.15) is 0 Å². The molecule has 1 unspecified atom stereocenters. The SMILES string of the molecule is COc1cccc(C(=O)Nc2cccc(SC(C(=O)Nc3nnc(C)s3)c3ccccc3)c2)c1. The number of methoxy groups -OCH3 is 1. The summed E-state index contributed by atoms with van der Waals surface area (Å²) in [7, 11) is 1.56. The fourth-order valence-electron chi connectivity index (χ4n) is 3.17. The average molecular weight is 491 g/mol. The largest absolute Gasteiger partial charge is 0.497 e. The van der Waals surface area contributed by atoms with Gasteiger partial charge >= 0.3 is 0 Å². The summed E-state index contributed by atoms with van der Waals surface area (Å²) in [6.07, 6.45) is 0. The van der Waals surface area contributed by atoms with Crippen LogP contribution in [-0.2, 0) is 4.79 Å². The minimum absolute atomic E-state index is 0.196. The monoisotopic (exact) mass is 490 g/mol. The molecule has 34 heavy (non-hydrogen) atoms. The van der Waals surface area contributed by atoms with E-state index >= 15 is 0 Å². The Balaban J connectivity index is 1.53. The Kier molecular flexibility index (Phi) is 7.56. The second-order valence-electron chi connectivity index (χ2n) is 7.24. The lowest BCUT2D eigenvalue weighted by molar-refractivity contribution is -0.115. The third kappa shape index (κ3) is 6.00. The van der Waals surface area contributed by atoms with E-state index in [2.05, 4.69) is 20.8 Å². The third-order valence-corrected chi connectivity index (χ3v) is 6.78. The van der Waals surface area contributed by atoms with Gasteiger partial charge in [-0.05, 0) is 48.9 Å². The molecule has 2 amide bonds. The maximum atomic E-state index is 13.2. The van der Waals surface area contributed by atoms with E-state index in [1.807, 2.05) is 61.5 Å². The van der Waals surface area contributed by atoms with Crippen LogP contribution in [0.3, 0.4) is 0 Å². The number of rotatable bonds is 8. The summed E-state index contributed by atoms with van der Waals surface area (Å²) in [5.74, 6) is 0.169. The lowest BCUT2D eigenvalue weighted by atomic mass is 10.1. The van der Waals surface area contributed by atoms with Crippen molar-refractivity contribution >= 4 is 45.7 Å². The normalized spacial score (nSPS) is 11.5. The Morgan fingerprint density at radius 3 is 2.47 bits per heavy atom. The van der Waals surface area contributed by atoms with E-state index in [4.69, 9.17) is 4.74 Å². The highest BCUT2D eigenvalue weighted by Crippen LogP contribution is 2.37. The van der Waals surface area contributed by atoms with Gasteiger partial charge in [0.05, 0.1) is 7.11 Å². The minimum Gasteiger partial charge on any atom is -0.497 e. The molecule has 0 bridgehead atoms. The van der Waals surface area contributed by atoms with Crippen LogP contribution < -0.4 is 15.4 Å². The van der Waals surface area contributed by atoms with Crippen molar-refractivity contribution in [2.75, 3.05) is 17.7 Å². The van der Waals surface area contributed by atoms with Crippen LogP contribution in [0.5, 0.6) is 5.75 Å². The highest BCUT2D eigenvalue weighted by molar-refractivity contribution is 8.00. The number of nitrogens with zero attached hydrogens (tertiary/aromatic N) is 2. The fraction of sp³-hybridized carbons (Fsp3) is 0.120. The van der Waals surface area contributed by atoms with Gasteiger partial charge in [0.15, 0.2) is 0 Å². The zero-order chi connectivity index (χ0) is 23.9. The topological polar surface area (TPSA) is 93.2 Å². The molecular weight excluding hydrogens is 468 g/mol. The first kappa shape index (κ1) is 23.5. The summed E-state index contributed by atoms with van der Waals surface area (Å²) in [5, 5.41) is 14.5. The number of carbonyl (C=O) groups excluding carboxylic acids is 2. The predicted octanol–water partition coefficient (Wildman–Crippen LogP) is 5.58. The van der Waals surface area contributed by atoms with Crippen molar-refractivity contribution < 1.29 is 14.3 Å². The predicted molar refractivity (Wildman–Crippen MR) is 136 cm³/mol. The number of ether oxygens (including phenoxy) is 1. The number of anilines is 2. The molecule has 0 aliphatic heterocycles. The lowest BCUT2D eigenvalue weighted by Gasteiger charge is -2.16. The molecule has 0 aliphatic rings. The van der Waals surface area contributed by atoms with E-state index < -0.39 is 5.25 Å². The van der Waals surface area contributed by atoms with Crippen molar-refractivity contribution in [3.05, 3.63) is 95.0 Å². The molecule has 172 valence electrons. The van der Waals surface area contributed by atoms with E-state index in [-0.39, 0.29) is 11.8 Å². The first-order valence-electron chi connectivity index (χ1n) is 10.4. The second kappa shape index (κ2) is 11.0. The van der Waals surface area contributed by atoms with Gasteiger partial charge in [0.25, 0.3) is 5.91 Å². The Morgan fingerprint density at radius 2 is 1.74 bits per heavy atom. The maximum absolute atomic E-state index is 13.2. The van der Waals surface area contributed by atoms with Crippen LogP contribution in [0.4, 0.5) is 10.8 Å². The summed E-state index contributed by atoms with van der Waals surface area (Å²) in [5.41, 5.74) is 1.98. The zero-order valence-electron chi connectivity index (χ0n) is 18.5. The van der Waals surface area contributed by atoms with Crippen LogP contribution in [-0.4, -0.2) is 29.1 Å². The zero-order valence-corrected chi connectivity index (χ0v) is 20.2. The fourth-order valence-corrected chi connectivity index (χ4v) is 4.85. The van der Waals surface area contributed by atoms with E-state index in [1.165, 1.54) is 23.1 Å². The minimum atomic E-state index is -0.519. The molecule has 7 nitrogen and oxygen atoms in total. The highest BCUT2D eigenvalue weighted by atomic mass is 32.2. The number of hydrogen-bond acceptors (Lipinski definition) is 7. The van der Waals surface area contributed by atoms with Crippen molar-refractivity contribution in [3.63, 3.8) is 0 Å². The third-order valence-electron chi connectivity index (χ3n) is 4.77. The van der Waals surface area contributed by atoms with Crippen LogP contribution in [0.1, 0.15) is 26.2 Å². The molecule has 4 aromatic rings. The smallest absolute Gasteiger partial charge is 0.255 e. The van der Waals surface area contributed by atoms with Crippen molar-refractivity contribution in [3.8, 4) is 5.75 Å². The number of hydrogen-bond donors (Lipinski definition) is 2. The first-order valence-corrected chi connectivity index (χ1v) is 12.1. The van der Waals surface area contributed by atoms with Gasteiger partial charge in [-0.3, -0.25) is 14.9 Å². The van der Waals surface area contributed by atoms with Crippen molar-refractivity contribution in [2.24, 2.45) is 0 Å². The molecule has 0 saturated heterocycles. The van der Waals surface area contributed by atoms with Crippen LogP contribution in [0.25, 0.3) is 0 Å². The quantitative estimate of drug-likeness (QED) is 0.313. The number of carbonyl (C=O) groups is 2. The number of nitrogens with one attached hydrogen (secondary N) is 2. The van der Waals surface area contributed by atoms with Gasteiger partial charge in [0, 0.05) is 16.1 Å². The van der Waals surface area contributed by atoms with E-state index in [1.54, 1.807) is 31.4 Å². The Labute approximate surface area is 205 Å². The molecule has 0 aliphatic carbocycles. The molecule has 1 heterocycles. The van der Waals surface area contributed by atoms with E-state index in [0.29, 0.717) is 22.1 Å². The van der Waals surface area contributed by atoms with Gasteiger partial charge in [-0.1, -0.05) is 53.8 Å². The van der Waals surface area contributed by atoms with Crippen LogP contribution in [0.2, 0.25) is 0 Å². The van der Waals surface area contributed by atoms with E-state index in [9.17, 15) is 9.59 Å². The number of amides is 2. The Hall–Kier alpha value is -3.69. The molecule has 0 radical (unpaired) electrons. The molecule has 9 heteroatoms. The van der Waals surface area contributed by atoms with Crippen molar-refractivity contribution in [2.45, 2.75) is 17.1 Å². The number of thioether (sulfide) groups is 1. The van der Waals surface area contributed by atoms with Crippen molar-refractivity contribution in [1.29, 1.82) is 0 Å². The summed E-state index contributed by atoms with van der Waals surface area (Å²) >= 11 is 2.72. The first-order chi connectivity index (χ1) is 16.5. The van der Waals surface area contributed by atoms with Crippen LogP contribution >= 0.6 is 23.1 Å². The van der Waals surface area contributed by atoms with Gasteiger partial charge in [0.1, 0.15) is 16.0 Å². The molecule has 1 atom stereocenters. The molecular formula is C25H22N4O3S2.